The van der Waals surface area contributed by atoms with Crippen molar-refractivity contribution >= 4 is 22.1 Å². The van der Waals surface area contributed by atoms with Crippen molar-refractivity contribution in [1.82, 2.24) is 0 Å². The third-order valence-electron chi connectivity index (χ3n) is 7.91. The van der Waals surface area contributed by atoms with Crippen LogP contribution in [0.4, 0.5) is 0 Å². The van der Waals surface area contributed by atoms with Crippen molar-refractivity contribution in [2.24, 2.45) is 0 Å². The molecule has 356 valence electrons. The Labute approximate surface area is 369 Å². The molecule has 63 heavy (non-hydrogen) atoms. The van der Waals surface area contributed by atoms with E-state index in [4.69, 9.17) is 52.7 Å². The maximum atomic E-state index is 11.9. The molecule has 0 heterocycles. The molecule has 19 nitrogen and oxygen atoms in total. The number of aliphatic hydroxyl groups excluding tert-OH is 4. The molecule has 0 bridgehead atoms. The number of carbonyl (C=O) groups excluding carboxylic acids is 2. The van der Waals surface area contributed by atoms with Gasteiger partial charge in [-0.25, -0.2) is 0 Å². The van der Waals surface area contributed by atoms with Gasteiger partial charge in [-0.05, 0) is 65.6 Å². The molecule has 0 amide bonds. The normalized spacial score (nSPS) is 10.9. The zero-order valence-corrected chi connectivity index (χ0v) is 37.1. The Bertz CT molecular complexity index is 1710. The van der Waals surface area contributed by atoms with Crippen LogP contribution in [0, 0.1) is 6.92 Å². The number of aryl methyl sites for hydroxylation is 1. The van der Waals surface area contributed by atoms with E-state index < -0.39 is 10.1 Å². The van der Waals surface area contributed by atoms with E-state index in [1.54, 1.807) is 36.4 Å². The molecule has 3 aromatic carbocycles. The average Bonchev–Trinajstić information content (AvgIpc) is 3.29. The Kier molecular flexibility index (Phi) is 32.5. The summed E-state index contributed by atoms with van der Waals surface area (Å²) in [5.41, 5.74) is 3.56. The Morgan fingerprint density at radius 2 is 0.841 bits per heavy atom. The highest BCUT2D eigenvalue weighted by atomic mass is 32.2. The number of hydrogen-bond acceptors (Lipinski definition) is 19. The minimum Gasteiger partial charge on any atom is -0.508 e. The number of phenols is 1. The van der Waals surface area contributed by atoms with Crippen LogP contribution in [0.25, 0.3) is 0 Å². The highest BCUT2D eigenvalue weighted by Crippen LogP contribution is 2.18. The Balaban J connectivity index is 0.000000509. The van der Waals surface area contributed by atoms with Gasteiger partial charge >= 0.3 is 11.9 Å². The number of aliphatic hydroxyl groups is 4. The predicted molar refractivity (Wildman–Crippen MR) is 226 cm³/mol. The minimum atomic E-state index is -3.76. The molecule has 0 atom stereocenters. The summed E-state index contributed by atoms with van der Waals surface area (Å²) in [6.45, 7) is 5.99. The van der Waals surface area contributed by atoms with Gasteiger partial charge in [0.25, 0.3) is 10.1 Å². The standard InChI is InChI=1S/C18H28O8.C17H26O8S.C8H10O3/c1-22-18(21)2-3-23-4-5-24-6-7-25-8-9-26-17-11-15(13-19)10-16(12-17)14-20;1-15-3-5-16(6-4-15)26(19,20)25-14-13-24-12-11-23-10-9-22-8-7-17(18)21-2;9-4-6-1-7(5-10)3-8(11)2-6/h10-12,19-20H,2-9,13-14H2,1H3;3-6H,7-14H2,1-2H3;1-3,9-11H,4-5H2. The number of phenolic OH excluding ortho intramolecular Hbond substituents is 1. The molecule has 20 heteroatoms. The van der Waals surface area contributed by atoms with Crippen molar-refractivity contribution in [3.8, 4) is 11.5 Å². The average molecular weight is 917 g/mol. The number of aromatic hydroxyl groups is 1. The second-order valence-corrected chi connectivity index (χ2v) is 14.5. The molecule has 0 radical (unpaired) electrons. The van der Waals surface area contributed by atoms with Crippen LogP contribution in [0.5, 0.6) is 11.5 Å². The van der Waals surface area contributed by atoms with Crippen LogP contribution < -0.4 is 4.74 Å². The first-order valence-corrected chi connectivity index (χ1v) is 21.4. The Morgan fingerprint density at radius 1 is 0.492 bits per heavy atom. The molecule has 0 fully saturated rings. The van der Waals surface area contributed by atoms with Crippen LogP contribution in [0.1, 0.15) is 40.7 Å². The summed E-state index contributed by atoms with van der Waals surface area (Å²) in [4.78, 5) is 21.8. The fourth-order valence-corrected chi connectivity index (χ4v) is 5.61. The molecule has 0 aliphatic rings. The van der Waals surface area contributed by atoms with E-state index in [-0.39, 0.29) is 75.1 Å². The van der Waals surface area contributed by atoms with E-state index in [2.05, 4.69) is 9.47 Å². The van der Waals surface area contributed by atoms with Gasteiger partial charge in [0, 0.05) is 0 Å². The first-order valence-electron chi connectivity index (χ1n) is 20.0. The molecule has 0 unspecified atom stereocenters. The van der Waals surface area contributed by atoms with Crippen molar-refractivity contribution in [2.45, 2.75) is 51.1 Å². The Morgan fingerprint density at radius 3 is 1.22 bits per heavy atom. The molecular formula is C43H64O19S. The first-order chi connectivity index (χ1) is 30.4. The lowest BCUT2D eigenvalue weighted by atomic mass is 10.1. The van der Waals surface area contributed by atoms with Gasteiger partial charge < -0.3 is 68.2 Å². The Hall–Kier alpha value is -4.29. The minimum absolute atomic E-state index is 0.0626. The largest absolute Gasteiger partial charge is 0.508 e. The maximum absolute atomic E-state index is 11.9. The zero-order chi connectivity index (χ0) is 46.6. The van der Waals surface area contributed by atoms with Crippen LogP contribution in [-0.4, -0.2) is 153 Å². The molecule has 0 aliphatic carbocycles. The van der Waals surface area contributed by atoms with Gasteiger partial charge in [-0.3, -0.25) is 13.8 Å². The maximum Gasteiger partial charge on any atom is 0.307 e. The first kappa shape index (κ1) is 56.7. The summed E-state index contributed by atoms with van der Waals surface area (Å²) in [5.74, 6) is 0.0493. The fourth-order valence-electron chi connectivity index (χ4n) is 4.71. The summed E-state index contributed by atoms with van der Waals surface area (Å²) in [6, 6.07) is 16.2. The summed E-state index contributed by atoms with van der Waals surface area (Å²) < 4.78 is 74.9. The monoisotopic (exact) mass is 916 g/mol. The second-order valence-electron chi connectivity index (χ2n) is 12.9. The van der Waals surface area contributed by atoms with Crippen LogP contribution >= 0.6 is 0 Å². The number of esters is 2. The molecular weight excluding hydrogens is 853 g/mol. The number of ether oxygens (including phenoxy) is 9. The lowest BCUT2D eigenvalue weighted by molar-refractivity contribution is -0.142. The summed E-state index contributed by atoms with van der Waals surface area (Å²) in [7, 11) is -1.09. The van der Waals surface area contributed by atoms with Gasteiger partial charge in [0.05, 0.1) is 144 Å². The quantitative estimate of drug-likeness (QED) is 0.0352. The summed E-state index contributed by atoms with van der Waals surface area (Å²) >= 11 is 0. The van der Waals surface area contributed by atoms with E-state index in [9.17, 15) is 28.2 Å². The molecule has 0 spiro atoms. The summed E-state index contributed by atoms with van der Waals surface area (Å²) in [5, 5.41) is 44.8. The van der Waals surface area contributed by atoms with Crippen molar-refractivity contribution in [3.63, 3.8) is 0 Å². The number of rotatable bonds is 31. The molecule has 0 saturated carbocycles. The predicted octanol–water partition coefficient (Wildman–Crippen LogP) is 2.35. The third-order valence-corrected chi connectivity index (χ3v) is 9.24. The number of methoxy groups -OCH3 is 2. The molecule has 0 aliphatic heterocycles. The van der Waals surface area contributed by atoms with Gasteiger partial charge in [0.15, 0.2) is 0 Å². The van der Waals surface area contributed by atoms with Crippen molar-refractivity contribution in [3.05, 3.63) is 88.5 Å². The lowest BCUT2D eigenvalue weighted by Gasteiger charge is -2.10. The highest BCUT2D eigenvalue weighted by molar-refractivity contribution is 7.86. The van der Waals surface area contributed by atoms with Crippen LogP contribution in [0.15, 0.2) is 65.6 Å². The molecule has 3 aromatic rings. The summed E-state index contributed by atoms with van der Waals surface area (Å²) in [6.07, 6.45) is 0.450. The number of hydrogen-bond donors (Lipinski definition) is 5. The molecule has 5 N–H and O–H groups in total. The topological polar surface area (TPSA) is 262 Å². The molecule has 3 rings (SSSR count). The van der Waals surface area contributed by atoms with E-state index >= 15 is 0 Å². The van der Waals surface area contributed by atoms with Gasteiger partial charge in [-0.1, -0.05) is 29.8 Å². The van der Waals surface area contributed by atoms with Crippen LogP contribution in [0.2, 0.25) is 0 Å². The number of benzene rings is 3. The van der Waals surface area contributed by atoms with E-state index in [0.717, 1.165) is 5.56 Å². The third kappa shape index (κ3) is 28.9. The fraction of sp³-hybridized carbons (Fsp3) is 0.535. The van der Waals surface area contributed by atoms with Crippen LogP contribution in [-0.2, 0) is 88.2 Å². The van der Waals surface area contributed by atoms with Crippen LogP contribution in [0.3, 0.4) is 0 Å². The smallest absolute Gasteiger partial charge is 0.307 e. The van der Waals surface area contributed by atoms with Gasteiger partial charge in [0.1, 0.15) is 18.1 Å². The van der Waals surface area contributed by atoms with E-state index in [1.165, 1.54) is 38.5 Å². The molecule has 0 saturated heterocycles. The van der Waals surface area contributed by atoms with Crippen molar-refractivity contribution in [2.75, 3.05) is 107 Å². The second kappa shape index (κ2) is 36.1. The highest BCUT2D eigenvalue weighted by Gasteiger charge is 2.14. The van der Waals surface area contributed by atoms with Gasteiger partial charge in [-0.15, -0.1) is 0 Å². The van der Waals surface area contributed by atoms with E-state index in [1.807, 2.05) is 6.92 Å². The molecule has 0 aromatic heterocycles. The lowest BCUT2D eigenvalue weighted by Crippen LogP contribution is -2.14. The van der Waals surface area contributed by atoms with Crippen molar-refractivity contribution < 1.29 is 90.4 Å². The number of carbonyl (C=O) groups is 2. The SMILES string of the molecule is COC(=O)CCOCCOCCOCCOS(=O)(=O)c1ccc(C)cc1.COC(=O)CCOCCOCCOCCOc1cc(CO)cc(CO)c1.OCc1cc(O)cc(CO)c1. The van der Waals surface area contributed by atoms with Gasteiger partial charge in [-0.2, -0.15) is 8.42 Å². The van der Waals surface area contributed by atoms with Crippen molar-refractivity contribution in [1.29, 1.82) is 0 Å². The zero-order valence-electron chi connectivity index (χ0n) is 36.3. The van der Waals surface area contributed by atoms with Gasteiger partial charge in [0.2, 0.25) is 0 Å². The van der Waals surface area contributed by atoms with E-state index in [0.29, 0.717) is 107 Å².